The Labute approximate surface area is 100 Å². The van der Waals surface area contributed by atoms with Gasteiger partial charge in [0.15, 0.2) is 0 Å². The van der Waals surface area contributed by atoms with Gasteiger partial charge in [-0.05, 0) is 36.5 Å². The molecule has 0 bridgehead atoms. The van der Waals surface area contributed by atoms with Crippen LogP contribution in [0.3, 0.4) is 0 Å². The highest BCUT2D eigenvalue weighted by atomic mass is 14.9. The molecule has 1 nitrogen and oxygen atoms in total. The minimum absolute atomic E-state index is 0.244. The second kappa shape index (κ2) is 5.38. The maximum Gasteiger partial charge on any atom is 0.0342 e. The summed E-state index contributed by atoms with van der Waals surface area (Å²) in [5.41, 5.74) is 2.86. The van der Waals surface area contributed by atoms with Crippen molar-refractivity contribution in [2.45, 2.75) is 58.9 Å². The zero-order valence-corrected chi connectivity index (χ0v) is 11.3. The number of hydrogen-bond donors (Lipinski definition) is 1. The lowest BCUT2D eigenvalue weighted by atomic mass is 9.87. The summed E-state index contributed by atoms with van der Waals surface area (Å²) in [5.74, 6) is 0. The summed E-state index contributed by atoms with van der Waals surface area (Å²) in [6.07, 6.45) is 2.45. The molecule has 0 heterocycles. The molecule has 0 aliphatic rings. The van der Waals surface area contributed by atoms with E-state index in [1.807, 2.05) is 0 Å². The van der Waals surface area contributed by atoms with Crippen LogP contribution in [0.5, 0.6) is 0 Å². The highest BCUT2D eigenvalue weighted by molar-refractivity contribution is 5.46. The van der Waals surface area contributed by atoms with Crippen LogP contribution in [-0.4, -0.2) is 6.04 Å². The highest BCUT2D eigenvalue weighted by Crippen LogP contribution is 2.23. The fourth-order valence-electron chi connectivity index (χ4n) is 1.86. The zero-order valence-electron chi connectivity index (χ0n) is 11.3. The normalized spacial score (nSPS) is 13.6. The van der Waals surface area contributed by atoms with Gasteiger partial charge in [0.1, 0.15) is 0 Å². The minimum atomic E-state index is 0.244. The first-order valence-corrected chi connectivity index (χ1v) is 6.30. The van der Waals surface area contributed by atoms with Crippen LogP contribution < -0.4 is 5.32 Å². The van der Waals surface area contributed by atoms with Gasteiger partial charge in [0, 0.05) is 11.7 Å². The van der Waals surface area contributed by atoms with Crippen molar-refractivity contribution in [3.8, 4) is 0 Å². The highest BCUT2D eigenvalue weighted by Gasteiger charge is 2.12. The van der Waals surface area contributed by atoms with Crippen LogP contribution in [0, 0.1) is 0 Å². The number of nitrogens with one attached hydrogen (secondary N) is 1. The Balaban J connectivity index is 2.65. The largest absolute Gasteiger partial charge is 0.383 e. The first-order chi connectivity index (χ1) is 7.43. The lowest BCUT2D eigenvalue weighted by molar-refractivity contribution is 0.590. The quantitative estimate of drug-likeness (QED) is 0.781. The van der Waals surface area contributed by atoms with E-state index in [1.165, 1.54) is 24.1 Å². The lowest BCUT2D eigenvalue weighted by Crippen LogP contribution is -2.15. The summed E-state index contributed by atoms with van der Waals surface area (Å²) in [5, 5.41) is 3.52. The molecule has 1 unspecified atom stereocenters. The molecule has 0 radical (unpaired) electrons. The average molecular weight is 219 g/mol. The molecule has 0 aliphatic heterocycles. The summed E-state index contributed by atoms with van der Waals surface area (Å²) in [6, 6.07) is 9.38. The van der Waals surface area contributed by atoms with Crippen molar-refractivity contribution in [3.05, 3.63) is 29.8 Å². The van der Waals surface area contributed by atoms with Gasteiger partial charge in [-0.25, -0.2) is 0 Å². The summed E-state index contributed by atoms with van der Waals surface area (Å²) >= 11 is 0. The van der Waals surface area contributed by atoms with E-state index in [2.05, 4.69) is 64.2 Å². The fraction of sp³-hybridized carbons (Fsp3) is 0.600. The molecule has 90 valence electrons. The number of benzene rings is 1. The van der Waals surface area contributed by atoms with Gasteiger partial charge in [-0.1, -0.05) is 46.2 Å². The molecule has 1 aromatic rings. The summed E-state index contributed by atoms with van der Waals surface area (Å²) in [6.45, 7) is 11.2. The van der Waals surface area contributed by atoms with E-state index in [4.69, 9.17) is 0 Å². The maximum atomic E-state index is 3.52. The Morgan fingerprint density at radius 3 is 2.12 bits per heavy atom. The number of anilines is 1. The summed E-state index contributed by atoms with van der Waals surface area (Å²) < 4.78 is 0. The predicted octanol–water partition coefficient (Wildman–Crippen LogP) is 4.58. The van der Waals surface area contributed by atoms with Crippen molar-refractivity contribution in [2.24, 2.45) is 0 Å². The van der Waals surface area contributed by atoms with Gasteiger partial charge in [0.2, 0.25) is 0 Å². The predicted molar refractivity (Wildman–Crippen MR) is 73.1 cm³/mol. The Kier molecular flexibility index (Phi) is 4.40. The molecule has 1 aromatic carbocycles. The summed E-state index contributed by atoms with van der Waals surface area (Å²) in [7, 11) is 0. The molecule has 0 spiro atoms. The SMILES string of the molecule is CCCC(C)Nc1ccc(C(C)(C)C)cc1. The fourth-order valence-corrected chi connectivity index (χ4v) is 1.86. The Morgan fingerprint density at radius 1 is 1.12 bits per heavy atom. The van der Waals surface area contributed by atoms with Crippen LogP contribution in [0.25, 0.3) is 0 Å². The van der Waals surface area contributed by atoms with Crippen LogP contribution in [0.15, 0.2) is 24.3 Å². The molecule has 0 amide bonds. The third kappa shape index (κ3) is 3.88. The van der Waals surface area contributed by atoms with Crippen molar-refractivity contribution in [2.75, 3.05) is 5.32 Å². The van der Waals surface area contributed by atoms with Crippen molar-refractivity contribution in [1.82, 2.24) is 0 Å². The van der Waals surface area contributed by atoms with Gasteiger partial charge in [0.05, 0.1) is 0 Å². The van der Waals surface area contributed by atoms with Gasteiger partial charge in [-0.3, -0.25) is 0 Å². The third-order valence-corrected chi connectivity index (χ3v) is 2.89. The van der Waals surface area contributed by atoms with E-state index in [0.29, 0.717) is 6.04 Å². The van der Waals surface area contributed by atoms with Crippen molar-refractivity contribution in [3.63, 3.8) is 0 Å². The Morgan fingerprint density at radius 2 is 1.69 bits per heavy atom. The van der Waals surface area contributed by atoms with Crippen LogP contribution in [0.4, 0.5) is 5.69 Å². The molecule has 0 aromatic heterocycles. The first-order valence-electron chi connectivity index (χ1n) is 6.30. The van der Waals surface area contributed by atoms with Gasteiger partial charge < -0.3 is 5.32 Å². The first kappa shape index (κ1) is 13.1. The average Bonchev–Trinajstić information content (AvgIpc) is 2.17. The van der Waals surface area contributed by atoms with Gasteiger partial charge >= 0.3 is 0 Å². The zero-order chi connectivity index (χ0) is 12.2. The lowest BCUT2D eigenvalue weighted by Gasteiger charge is -2.20. The molecule has 16 heavy (non-hydrogen) atoms. The third-order valence-electron chi connectivity index (χ3n) is 2.89. The van der Waals surface area contributed by atoms with E-state index >= 15 is 0 Å². The van der Waals surface area contributed by atoms with Crippen molar-refractivity contribution >= 4 is 5.69 Å². The van der Waals surface area contributed by atoms with Gasteiger partial charge in [-0.2, -0.15) is 0 Å². The van der Waals surface area contributed by atoms with E-state index in [1.54, 1.807) is 0 Å². The van der Waals surface area contributed by atoms with Crippen molar-refractivity contribution < 1.29 is 0 Å². The molecule has 0 aliphatic carbocycles. The molecule has 1 rings (SSSR count). The van der Waals surface area contributed by atoms with Gasteiger partial charge in [-0.15, -0.1) is 0 Å². The molecular formula is C15H25N. The molecule has 0 saturated heterocycles. The monoisotopic (exact) mass is 219 g/mol. The van der Waals surface area contributed by atoms with Crippen LogP contribution in [-0.2, 0) is 5.41 Å². The standard InChI is InChI=1S/C15H25N/c1-6-7-12(2)16-14-10-8-13(9-11-14)15(3,4)5/h8-12,16H,6-7H2,1-5H3. The molecule has 1 heteroatoms. The van der Waals surface area contributed by atoms with Crippen molar-refractivity contribution in [1.29, 1.82) is 0 Å². The van der Waals surface area contributed by atoms with E-state index in [9.17, 15) is 0 Å². The number of hydrogen-bond acceptors (Lipinski definition) is 1. The smallest absolute Gasteiger partial charge is 0.0342 e. The van der Waals surface area contributed by atoms with Crippen LogP contribution >= 0.6 is 0 Å². The molecule has 1 N–H and O–H groups in total. The van der Waals surface area contributed by atoms with E-state index in [-0.39, 0.29) is 5.41 Å². The van der Waals surface area contributed by atoms with E-state index < -0.39 is 0 Å². The minimum Gasteiger partial charge on any atom is -0.383 e. The molecule has 0 fully saturated rings. The van der Waals surface area contributed by atoms with E-state index in [0.717, 1.165) is 0 Å². The van der Waals surface area contributed by atoms with Crippen LogP contribution in [0.2, 0.25) is 0 Å². The topological polar surface area (TPSA) is 12.0 Å². The summed E-state index contributed by atoms with van der Waals surface area (Å²) in [4.78, 5) is 0. The second-order valence-electron chi connectivity index (χ2n) is 5.66. The maximum absolute atomic E-state index is 3.52. The molecule has 1 atom stereocenters. The molecular weight excluding hydrogens is 194 g/mol. The Bertz CT molecular complexity index is 305. The number of rotatable bonds is 4. The van der Waals surface area contributed by atoms with Crippen LogP contribution in [0.1, 0.15) is 53.0 Å². The Hall–Kier alpha value is -0.980. The second-order valence-corrected chi connectivity index (χ2v) is 5.66. The molecule has 0 saturated carbocycles. The van der Waals surface area contributed by atoms with Gasteiger partial charge in [0.25, 0.3) is 0 Å².